The van der Waals surface area contributed by atoms with Crippen molar-refractivity contribution in [3.05, 3.63) is 15.8 Å². The van der Waals surface area contributed by atoms with Gasteiger partial charge in [-0.1, -0.05) is 0 Å². The highest BCUT2D eigenvalue weighted by atomic mass is 32.2. The number of rotatable bonds is 4. The van der Waals surface area contributed by atoms with Crippen LogP contribution in [0.1, 0.15) is 28.1 Å². The molecule has 1 aliphatic heterocycles. The quantitative estimate of drug-likeness (QED) is 0.843. The lowest BCUT2D eigenvalue weighted by molar-refractivity contribution is -0.132. The number of sulfonamides is 1. The van der Waals surface area contributed by atoms with Crippen molar-refractivity contribution in [2.45, 2.75) is 30.7 Å². The van der Waals surface area contributed by atoms with Gasteiger partial charge in [0.25, 0.3) is 0 Å². The number of carboxylic acid groups (broad SMARTS) is 1. The summed E-state index contributed by atoms with van der Waals surface area (Å²) in [4.78, 5) is 23.6. The van der Waals surface area contributed by atoms with E-state index in [1.54, 1.807) is 14.0 Å². The maximum Gasteiger partial charge on any atom is 0.347 e. The van der Waals surface area contributed by atoms with E-state index in [-0.39, 0.29) is 28.6 Å². The Morgan fingerprint density at radius 2 is 2.19 bits per heavy atom. The predicted molar refractivity (Wildman–Crippen MR) is 77.0 cm³/mol. The number of hydrogen-bond donors (Lipinski definition) is 2. The molecule has 1 saturated heterocycles. The molecule has 1 aromatic heterocycles. The Bertz CT molecular complexity index is 680. The third-order valence-electron chi connectivity index (χ3n) is 3.33. The first kappa shape index (κ1) is 15.9. The molecule has 1 amide bonds. The molecule has 0 aliphatic carbocycles. The Kier molecular flexibility index (Phi) is 4.35. The maximum absolute atomic E-state index is 12.4. The van der Waals surface area contributed by atoms with Crippen LogP contribution in [0.25, 0.3) is 0 Å². The van der Waals surface area contributed by atoms with Gasteiger partial charge in [0, 0.05) is 26.1 Å². The third kappa shape index (κ3) is 3.25. The summed E-state index contributed by atoms with van der Waals surface area (Å²) in [6.45, 7) is 1.84. The number of thiophene rings is 1. The second kappa shape index (κ2) is 5.74. The van der Waals surface area contributed by atoms with Gasteiger partial charge in [-0.05, 0) is 24.3 Å². The molecule has 2 N–H and O–H groups in total. The van der Waals surface area contributed by atoms with Crippen LogP contribution in [0.3, 0.4) is 0 Å². The van der Waals surface area contributed by atoms with E-state index in [9.17, 15) is 18.0 Å². The highest BCUT2D eigenvalue weighted by Gasteiger charge is 2.31. The van der Waals surface area contributed by atoms with Gasteiger partial charge in [-0.3, -0.25) is 4.79 Å². The van der Waals surface area contributed by atoms with Gasteiger partial charge in [-0.15, -0.1) is 11.3 Å². The number of hydrogen-bond acceptors (Lipinski definition) is 5. The molecule has 116 valence electrons. The molecular formula is C12H16N2O5S2. The van der Waals surface area contributed by atoms with Crippen molar-refractivity contribution < 1.29 is 23.1 Å². The average molecular weight is 332 g/mol. The van der Waals surface area contributed by atoms with E-state index >= 15 is 0 Å². The van der Waals surface area contributed by atoms with E-state index in [1.807, 2.05) is 0 Å². The summed E-state index contributed by atoms with van der Waals surface area (Å²) in [6.07, 6.45) is 0.687. The summed E-state index contributed by atoms with van der Waals surface area (Å²) in [6, 6.07) is -0.404. The smallest absolute Gasteiger partial charge is 0.347 e. The molecule has 0 spiro atoms. The Balaban J connectivity index is 2.25. The van der Waals surface area contributed by atoms with E-state index < -0.39 is 22.0 Å². The summed E-state index contributed by atoms with van der Waals surface area (Å²) >= 11 is 0.891. The average Bonchev–Trinajstić information content (AvgIpc) is 2.76. The number of aromatic carboxylic acids is 1. The molecule has 0 aromatic carbocycles. The summed E-state index contributed by atoms with van der Waals surface area (Å²) < 4.78 is 27.4. The minimum absolute atomic E-state index is 0.0246. The number of nitrogens with zero attached hydrogens (tertiary/aromatic N) is 1. The second-order valence-electron chi connectivity index (χ2n) is 5.01. The van der Waals surface area contributed by atoms with Crippen molar-refractivity contribution in [1.82, 2.24) is 9.62 Å². The summed E-state index contributed by atoms with van der Waals surface area (Å²) in [7, 11) is -2.31. The van der Waals surface area contributed by atoms with E-state index in [1.165, 1.54) is 10.3 Å². The largest absolute Gasteiger partial charge is 0.477 e. The minimum atomic E-state index is -3.92. The highest BCUT2D eigenvalue weighted by molar-refractivity contribution is 7.89. The molecule has 9 heteroatoms. The Labute approximate surface area is 126 Å². The van der Waals surface area contributed by atoms with E-state index in [4.69, 9.17) is 5.11 Å². The number of aryl methyl sites for hydroxylation is 1. The Hall–Kier alpha value is -1.45. The van der Waals surface area contributed by atoms with Crippen LogP contribution in [0.15, 0.2) is 10.3 Å². The summed E-state index contributed by atoms with van der Waals surface area (Å²) in [5.74, 6) is -1.28. The van der Waals surface area contributed by atoms with E-state index in [0.717, 1.165) is 11.3 Å². The predicted octanol–water partition coefficient (Wildman–Crippen LogP) is 0.654. The molecule has 1 aromatic rings. The van der Waals surface area contributed by atoms with Crippen molar-refractivity contribution in [2.24, 2.45) is 0 Å². The normalized spacial score (nSPS) is 19.8. The van der Waals surface area contributed by atoms with Crippen LogP contribution in [0.5, 0.6) is 0 Å². The lowest BCUT2D eigenvalue weighted by Gasteiger charge is -2.30. The molecule has 1 atom stereocenters. The van der Waals surface area contributed by atoms with Gasteiger partial charge in [-0.25, -0.2) is 17.9 Å². The maximum atomic E-state index is 12.4. The van der Waals surface area contributed by atoms with Crippen LogP contribution in [0.2, 0.25) is 0 Å². The zero-order valence-electron chi connectivity index (χ0n) is 11.6. The molecule has 1 aliphatic rings. The second-order valence-corrected chi connectivity index (χ2v) is 7.54. The molecule has 2 heterocycles. The fourth-order valence-electron chi connectivity index (χ4n) is 2.30. The number of piperidine rings is 1. The molecule has 0 radical (unpaired) electrons. The monoisotopic (exact) mass is 332 g/mol. The first-order valence-corrected chi connectivity index (χ1v) is 8.66. The van der Waals surface area contributed by atoms with Crippen LogP contribution < -0.4 is 4.72 Å². The fourth-order valence-corrected chi connectivity index (χ4v) is 5.19. The molecule has 0 saturated carbocycles. The Morgan fingerprint density at radius 1 is 1.52 bits per heavy atom. The molecule has 7 nitrogen and oxygen atoms in total. The first-order chi connectivity index (χ1) is 9.72. The number of likely N-dealkylation sites (N-methyl/N-ethyl adjacent to an activating group) is 1. The van der Waals surface area contributed by atoms with Gasteiger partial charge in [0.05, 0.1) is 0 Å². The van der Waals surface area contributed by atoms with Crippen LogP contribution in [-0.2, 0) is 14.8 Å². The number of likely N-dealkylation sites (tertiary alicyclic amines) is 1. The molecule has 2 rings (SSSR count). The van der Waals surface area contributed by atoms with Gasteiger partial charge in [-0.2, -0.15) is 0 Å². The molecule has 21 heavy (non-hydrogen) atoms. The lowest BCUT2D eigenvalue weighted by Crippen LogP contribution is -2.48. The topological polar surface area (TPSA) is 104 Å². The number of carbonyl (C=O) groups is 2. The van der Waals surface area contributed by atoms with Gasteiger partial charge in [0.15, 0.2) is 0 Å². The first-order valence-electron chi connectivity index (χ1n) is 6.30. The molecule has 0 bridgehead atoms. The minimum Gasteiger partial charge on any atom is -0.477 e. The van der Waals surface area contributed by atoms with Gasteiger partial charge in [0.1, 0.15) is 9.77 Å². The van der Waals surface area contributed by atoms with Gasteiger partial charge in [0.2, 0.25) is 15.9 Å². The van der Waals surface area contributed by atoms with Gasteiger partial charge >= 0.3 is 5.97 Å². The van der Waals surface area contributed by atoms with Crippen molar-refractivity contribution in [1.29, 1.82) is 0 Å². The van der Waals surface area contributed by atoms with Crippen molar-refractivity contribution in [2.75, 3.05) is 13.6 Å². The Morgan fingerprint density at radius 3 is 2.76 bits per heavy atom. The SMILES string of the molecule is Cc1csc(C(=O)O)c1S(=O)(=O)NC1CCC(=O)N(C)C1. The number of carbonyl (C=O) groups excluding carboxylic acids is 1. The van der Waals surface area contributed by atoms with E-state index in [2.05, 4.69) is 4.72 Å². The third-order valence-corrected chi connectivity index (χ3v) is 6.25. The van der Waals surface area contributed by atoms with Crippen LogP contribution in [0.4, 0.5) is 0 Å². The van der Waals surface area contributed by atoms with Crippen molar-refractivity contribution in [3.63, 3.8) is 0 Å². The van der Waals surface area contributed by atoms with E-state index in [0.29, 0.717) is 12.0 Å². The zero-order valence-corrected chi connectivity index (χ0v) is 13.3. The zero-order chi connectivity index (χ0) is 15.8. The van der Waals surface area contributed by atoms with Crippen LogP contribution >= 0.6 is 11.3 Å². The van der Waals surface area contributed by atoms with Crippen molar-refractivity contribution >= 4 is 33.2 Å². The molecule has 1 fully saturated rings. The lowest BCUT2D eigenvalue weighted by atomic mass is 10.1. The number of nitrogens with one attached hydrogen (secondary N) is 1. The summed E-state index contributed by atoms with van der Waals surface area (Å²) in [5.41, 5.74) is 0.408. The molecule has 1 unspecified atom stereocenters. The number of amides is 1. The van der Waals surface area contributed by atoms with Crippen LogP contribution in [-0.4, -0.2) is 49.9 Å². The highest BCUT2D eigenvalue weighted by Crippen LogP contribution is 2.27. The van der Waals surface area contributed by atoms with Crippen LogP contribution in [0, 0.1) is 6.92 Å². The fraction of sp³-hybridized carbons (Fsp3) is 0.500. The van der Waals surface area contributed by atoms with Crippen molar-refractivity contribution in [3.8, 4) is 0 Å². The molecular weight excluding hydrogens is 316 g/mol. The standard InChI is InChI=1S/C12H16N2O5S2/c1-7-6-20-10(12(16)17)11(7)21(18,19)13-8-3-4-9(15)14(2)5-8/h6,8,13H,3-5H2,1-2H3,(H,16,17). The summed E-state index contributed by atoms with van der Waals surface area (Å²) in [5, 5.41) is 10.6. The number of carboxylic acids is 1. The van der Waals surface area contributed by atoms with Gasteiger partial charge < -0.3 is 10.0 Å².